The first-order valence-electron chi connectivity index (χ1n) is 8.77. The van der Waals surface area contributed by atoms with E-state index in [2.05, 4.69) is 27.8 Å². The Morgan fingerprint density at radius 2 is 1.96 bits per heavy atom. The van der Waals surface area contributed by atoms with Crippen LogP contribution in [0.4, 0.5) is 0 Å². The van der Waals surface area contributed by atoms with Crippen LogP contribution in [0.5, 0.6) is 0 Å². The number of fused-ring (bicyclic) bond motifs is 1. The predicted molar refractivity (Wildman–Crippen MR) is 90.5 cm³/mol. The molecule has 0 spiro atoms. The van der Waals surface area contributed by atoms with Gasteiger partial charge in [0.2, 0.25) is 0 Å². The summed E-state index contributed by atoms with van der Waals surface area (Å²) in [6.45, 7) is 0. The van der Waals surface area contributed by atoms with E-state index in [1.165, 1.54) is 11.1 Å². The van der Waals surface area contributed by atoms with Gasteiger partial charge in [-0.15, -0.1) is 5.10 Å². The Morgan fingerprint density at radius 3 is 2.79 bits per heavy atom. The average molecular weight is 325 g/mol. The molecule has 1 heterocycles. The normalized spacial score (nSPS) is 26.1. The summed E-state index contributed by atoms with van der Waals surface area (Å²) >= 11 is 0. The van der Waals surface area contributed by atoms with Crippen molar-refractivity contribution in [3.63, 3.8) is 0 Å². The molecular weight excluding hydrogens is 302 g/mol. The van der Waals surface area contributed by atoms with Gasteiger partial charge in [0.15, 0.2) is 5.69 Å². The molecular formula is C18H23N5O. The Hall–Kier alpha value is -2.21. The topological polar surface area (TPSA) is 85.8 Å². The van der Waals surface area contributed by atoms with Crippen LogP contribution in [0.2, 0.25) is 0 Å². The highest BCUT2D eigenvalue weighted by Crippen LogP contribution is 2.31. The molecule has 2 aliphatic rings. The number of amides is 1. The maximum atomic E-state index is 12.5. The van der Waals surface area contributed by atoms with Crippen LogP contribution in [0.3, 0.4) is 0 Å². The van der Waals surface area contributed by atoms with Crippen molar-refractivity contribution in [2.24, 2.45) is 5.73 Å². The molecule has 0 saturated heterocycles. The standard InChI is InChI=1S/C18H23N5O/c19-13-6-8-14(9-7-13)23-11-17(21-22-23)18(24)20-16-10-5-12-3-1-2-4-15(12)16/h1-4,11,13-14,16H,5-10,19H2,(H,20,24)/t13?,14?,16-/m1/s1. The molecule has 1 aromatic carbocycles. The van der Waals surface area contributed by atoms with Gasteiger partial charge in [0.25, 0.3) is 5.91 Å². The fraction of sp³-hybridized carbons (Fsp3) is 0.500. The van der Waals surface area contributed by atoms with E-state index in [0.29, 0.717) is 17.8 Å². The van der Waals surface area contributed by atoms with Crippen LogP contribution >= 0.6 is 0 Å². The molecule has 0 unspecified atom stereocenters. The molecule has 3 N–H and O–H groups in total. The van der Waals surface area contributed by atoms with E-state index < -0.39 is 0 Å². The van der Waals surface area contributed by atoms with Crippen molar-refractivity contribution < 1.29 is 4.79 Å². The van der Waals surface area contributed by atoms with Gasteiger partial charge in [0.05, 0.1) is 18.3 Å². The molecule has 1 aromatic heterocycles. The minimum absolute atomic E-state index is 0.0755. The van der Waals surface area contributed by atoms with E-state index >= 15 is 0 Å². The van der Waals surface area contributed by atoms with Gasteiger partial charge in [-0.2, -0.15) is 0 Å². The lowest BCUT2D eigenvalue weighted by Gasteiger charge is -2.25. The molecule has 0 aliphatic heterocycles. The molecule has 6 heteroatoms. The van der Waals surface area contributed by atoms with Gasteiger partial charge in [-0.1, -0.05) is 29.5 Å². The second-order valence-corrected chi connectivity index (χ2v) is 6.92. The molecule has 2 aliphatic carbocycles. The van der Waals surface area contributed by atoms with E-state index in [4.69, 9.17) is 5.73 Å². The molecule has 0 radical (unpaired) electrons. The van der Waals surface area contributed by atoms with Gasteiger partial charge in [0, 0.05) is 6.04 Å². The molecule has 24 heavy (non-hydrogen) atoms. The minimum atomic E-state index is -0.143. The summed E-state index contributed by atoms with van der Waals surface area (Å²) in [5, 5.41) is 11.3. The van der Waals surface area contributed by atoms with Gasteiger partial charge in [-0.25, -0.2) is 4.68 Å². The fourth-order valence-electron chi connectivity index (χ4n) is 3.86. The van der Waals surface area contributed by atoms with Crippen molar-refractivity contribution in [3.05, 3.63) is 47.3 Å². The first-order chi connectivity index (χ1) is 11.7. The number of aromatic nitrogens is 3. The number of hydrogen-bond donors (Lipinski definition) is 2. The molecule has 1 atom stereocenters. The zero-order valence-electron chi connectivity index (χ0n) is 13.7. The molecule has 1 fully saturated rings. The van der Waals surface area contributed by atoms with Crippen LogP contribution in [0.25, 0.3) is 0 Å². The number of benzene rings is 1. The highest BCUT2D eigenvalue weighted by atomic mass is 16.2. The molecule has 6 nitrogen and oxygen atoms in total. The van der Waals surface area contributed by atoms with Gasteiger partial charge in [-0.05, 0) is 49.7 Å². The molecule has 4 rings (SSSR count). The van der Waals surface area contributed by atoms with Crippen molar-refractivity contribution in [2.75, 3.05) is 0 Å². The lowest BCUT2D eigenvalue weighted by atomic mass is 9.92. The highest BCUT2D eigenvalue weighted by Gasteiger charge is 2.26. The van der Waals surface area contributed by atoms with Crippen molar-refractivity contribution in [1.29, 1.82) is 0 Å². The summed E-state index contributed by atoms with van der Waals surface area (Å²) in [6.07, 6.45) is 7.74. The van der Waals surface area contributed by atoms with Crippen LogP contribution in [0, 0.1) is 0 Å². The molecule has 2 aromatic rings. The quantitative estimate of drug-likeness (QED) is 0.905. The number of nitrogens with two attached hydrogens (primary N) is 1. The Balaban J connectivity index is 1.43. The van der Waals surface area contributed by atoms with Crippen molar-refractivity contribution in [3.8, 4) is 0 Å². The van der Waals surface area contributed by atoms with Gasteiger partial charge >= 0.3 is 0 Å². The molecule has 1 amide bonds. The summed E-state index contributed by atoms with van der Waals surface area (Å²) in [5.74, 6) is -0.143. The van der Waals surface area contributed by atoms with E-state index in [1.807, 2.05) is 16.8 Å². The van der Waals surface area contributed by atoms with Crippen LogP contribution in [-0.4, -0.2) is 26.9 Å². The molecule has 1 saturated carbocycles. The van der Waals surface area contributed by atoms with Crippen LogP contribution in [0.15, 0.2) is 30.5 Å². The SMILES string of the molecule is NC1CCC(n2cc(C(=O)N[C@@H]3CCc4ccccc43)nn2)CC1. The van der Waals surface area contributed by atoms with Gasteiger partial charge in [-0.3, -0.25) is 4.79 Å². The van der Waals surface area contributed by atoms with E-state index in [0.717, 1.165) is 38.5 Å². The average Bonchev–Trinajstić information content (AvgIpc) is 3.23. The lowest BCUT2D eigenvalue weighted by molar-refractivity contribution is 0.0931. The number of rotatable bonds is 3. The predicted octanol–water partition coefficient (Wildman–Crippen LogP) is 2.14. The zero-order valence-corrected chi connectivity index (χ0v) is 13.7. The van der Waals surface area contributed by atoms with E-state index in [1.54, 1.807) is 6.20 Å². The maximum absolute atomic E-state index is 12.5. The number of aryl methyl sites for hydroxylation is 1. The second kappa shape index (κ2) is 6.36. The van der Waals surface area contributed by atoms with Crippen molar-refractivity contribution >= 4 is 5.91 Å². The van der Waals surface area contributed by atoms with Crippen LogP contribution in [0.1, 0.15) is 65.8 Å². The molecule has 126 valence electrons. The Bertz CT molecular complexity index is 733. The second-order valence-electron chi connectivity index (χ2n) is 6.92. The Morgan fingerprint density at radius 1 is 1.17 bits per heavy atom. The largest absolute Gasteiger partial charge is 0.344 e. The maximum Gasteiger partial charge on any atom is 0.273 e. The summed E-state index contributed by atoms with van der Waals surface area (Å²) in [4.78, 5) is 12.5. The number of carbonyl (C=O) groups excluding carboxylic acids is 1. The smallest absolute Gasteiger partial charge is 0.273 e. The van der Waals surface area contributed by atoms with Gasteiger partial charge in [0.1, 0.15) is 0 Å². The van der Waals surface area contributed by atoms with E-state index in [9.17, 15) is 4.79 Å². The molecule has 0 bridgehead atoms. The number of hydrogen-bond acceptors (Lipinski definition) is 4. The summed E-state index contributed by atoms with van der Waals surface area (Å²) in [7, 11) is 0. The first-order valence-corrected chi connectivity index (χ1v) is 8.77. The lowest BCUT2D eigenvalue weighted by Crippen LogP contribution is -2.28. The first kappa shape index (κ1) is 15.3. The summed E-state index contributed by atoms with van der Waals surface area (Å²) < 4.78 is 1.84. The Kier molecular flexibility index (Phi) is 4.06. The van der Waals surface area contributed by atoms with Crippen molar-refractivity contribution in [2.45, 2.75) is 56.7 Å². The third-order valence-corrected chi connectivity index (χ3v) is 5.30. The number of nitrogens with zero attached hydrogens (tertiary/aromatic N) is 3. The van der Waals surface area contributed by atoms with Crippen LogP contribution < -0.4 is 11.1 Å². The third kappa shape index (κ3) is 2.94. The third-order valence-electron chi connectivity index (χ3n) is 5.30. The van der Waals surface area contributed by atoms with Crippen LogP contribution in [-0.2, 0) is 6.42 Å². The fourth-order valence-corrected chi connectivity index (χ4v) is 3.86. The Labute approximate surface area is 141 Å². The summed E-state index contributed by atoms with van der Waals surface area (Å²) in [6, 6.07) is 8.98. The monoisotopic (exact) mass is 325 g/mol. The van der Waals surface area contributed by atoms with Crippen molar-refractivity contribution in [1.82, 2.24) is 20.3 Å². The van der Waals surface area contributed by atoms with E-state index in [-0.39, 0.29) is 11.9 Å². The number of carbonyl (C=O) groups is 1. The minimum Gasteiger partial charge on any atom is -0.344 e. The van der Waals surface area contributed by atoms with Gasteiger partial charge < -0.3 is 11.1 Å². The highest BCUT2D eigenvalue weighted by molar-refractivity contribution is 5.92. The number of nitrogens with one attached hydrogen (secondary N) is 1. The zero-order chi connectivity index (χ0) is 16.5. The summed E-state index contributed by atoms with van der Waals surface area (Å²) in [5.41, 5.74) is 8.89.